The number of carbonyl (C=O) groups is 13. The monoisotopic (exact) mass is 1480 g/mol. The minimum Gasteiger partial charge on any atom is -0.373 e. The molecule has 0 aliphatic carbocycles. The molecule has 0 saturated carbocycles. The van der Waals surface area contributed by atoms with Gasteiger partial charge < -0.3 is 70.5 Å². The first kappa shape index (κ1) is 89.9. The maximum absolute atomic E-state index is 15.7. The highest BCUT2D eigenvalue weighted by Crippen LogP contribution is 2.24. The SMILES string of the molecule is CC(C)C[C@@H]1NC(=O)[C@H](Cc2ccccc2)N(C)C(=O)[C@@H](CC(C)C)NC(=O)C[C@@H](C(=O)N2CCCCC2)NC(=O)[C@H](CC(C)C)N(C)C(=O)[C@H](Cc2ccccc2)N(C)C(=O)[C@H](COC(C)(C)C)NC(=O)[C@H](CC(C)C)N(C)C(=O)CN(C)C(=O)[C@H](CCC(=O)N(C)C)NC(=O)[C@H](CC(C)C)N(C)C1=O. The third kappa shape index (κ3) is 28.0. The lowest BCUT2D eigenvalue weighted by atomic mass is 9.97. The van der Waals surface area contributed by atoms with Crippen LogP contribution in [-0.4, -0.2) is 265 Å². The summed E-state index contributed by atoms with van der Waals surface area (Å²) < 4.78 is 6.23. The van der Waals surface area contributed by atoms with Crippen molar-refractivity contribution in [3.8, 4) is 0 Å². The van der Waals surface area contributed by atoms with Gasteiger partial charge in [-0.25, -0.2) is 0 Å². The normalized spacial score (nSPS) is 24.1. The molecule has 27 nitrogen and oxygen atoms in total. The van der Waals surface area contributed by atoms with Crippen molar-refractivity contribution in [1.29, 1.82) is 0 Å². The minimum atomic E-state index is -1.51. The van der Waals surface area contributed by atoms with Gasteiger partial charge in [-0.1, -0.05) is 130 Å². The Balaban J connectivity index is 2.04. The molecule has 592 valence electrons. The molecule has 0 spiro atoms. The average Bonchev–Trinajstić information content (AvgIpc) is 0.818. The lowest BCUT2D eigenvalue weighted by Gasteiger charge is -2.38. The molecule has 4 rings (SSSR count). The maximum Gasteiger partial charge on any atom is 0.247 e. The topological polar surface area (TPSA) is 317 Å². The summed E-state index contributed by atoms with van der Waals surface area (Å²) in [4.78, 5) is 205. The molecule has 2 aliphatic rings. The molecule has 2 aromatic rings. The molecule has 5 N–H and O–H groups in total. The first-order valence-electron chi connectivity index (χ1n) is 37.8. The number of hydrogen-bond donors (Lipinski definition) is 5. The summed E-state index contributed by atoms with van der Waals surface area (Å²) in [5, 5.41) is 14.4. The highest BCUT2D eigenvalue weighted by Gasteiger charge is 2.44. The Bertz CT molecular complexity index is 3280. The fraction of sp³-hybridized carbons (Fsp3) is 0.684. The number of likely N-dealkylation sites (N-methyl/N-ethyl adjacent to an activating group) is 6. The van der Waals surface area contributed by atoms with Crippen LogP contribution in [0.15, 0.2) is 60.7 Å². The van der Waals surface area contributed by atoms with Gasteiger partial charge >= 0.3 is 0 Å². The molecule has 13 amide bonds. The summed E-state index contributed by atoms with van der Waals surface area (Å²) in [5.41, 5.74) is 0.422. The van der Waals surface area contributed by atoms with Crippen LogP contribution in [0.25, 0.3) is 0 Å². The predicted octanol–water partition coefficient (Wildman–Crippen LogP) is 4.82. The second kappa shape index (κ2) is 42.2. The van der Waals surface area contributed by atoms with E-state index < -0.39 is 156 Å². The number of benzene rings is 2. The Morgan fingerprint density at radius 1 is 0.462 bits per heavy atom. The van der Waals surface area contributed by atoms with Gasteiger partial charge in [-0.3, -0.25) is 62.3 Å². The Labute approximate surface area is 630 Å². The molecular formula is C79H127N13O14. The summed E-state index contributed by atoms with van der Waals surface area (Å²) in [6, 6.07) is 4.28. The molecule has 0 radical (unpaired) electrons. The van der Waals surface area contributed by atoms with Crippen molar-refractivity contribution in [3.63, 3.8) is 0 Å². The van der Waals surface area contributed by atoms with Crippen molar-refractivity contribution >= 4 is 76.8 Å². The number of likely N-dealkylation sites (tertiary alicyclic amines) is 1. The largest absolute Gasteiger partial charge is 0.373 e. The standard InChI is InChI=1S/C79H127N13O14/c1-49(2)39-57-74(101)89(19)64(44-54-31-25-22-26-32-54)72(99)82-58(40-50(3)4)75(102)88(18)62(42-52(7)8)70(97)81-56(35-36-67(94)85(14)15)73(100)86(16)47-68(95)87(17)61(41-51(5)6)69(96)84-60(48-106-79(11,12)13)76(103)91(21)65(45-55-33-27-23-28-34-55)78(105)90(20)63(43-53(9)10)71(98)83-59(46-66(93)80-57)77(104)92-37-29-24-30-38-92/h22-23,25-28,31-34,49-53,56-65H,24,29-30,35-48H2,1-21H3,(H,80,93)(H,81,97)(H,82,99)(H,83,98)(H,84,96)/t56-,57+,58-,59-,60-,61-,62-,63-,64-,65-/m0/s1. The van der Waals surface area contributed by atoms with E-state index in [9.17, 15) is 24.0 Å². The summed E-state index contributed by atoms with van der Waals surface area (Å²) in [5.74, 6) is -10.2. The smallest absolute Gasteiger partial charge is 0.247 e. The van der Waals surface area contributed by atoms with E-state index in [2.05, 4.69) is 26.6 Å². The third-order valence-electron chi connectivity index (χ3n) is 19.4. The van der Waals surface area contributed by atoms with Crippen LogP contribution in [0.1, 0.15) is 172 Å². The zero-order chi connectivity index (χ0) is 79.8. The van der Waals surface area contributed by atoms with Gasteiger partial charge in [0.25, 0.3) is 0 Å². The van der Waals surface area contributed by atoms with Crippen LogP contribution in [0.2, 0.25) is 0 Å². The first-order valence-corrected chi connectivity index (χ1v) is 37.8. The Kier molecular flexibility index (Phi) is 35.8. The fourth-order valence-electron chi connectivity index (χ4n) is 13.2. The molecule has 0 aromatic heterocycles. The van der Waals surface area contributed by atoms with E-state index in [4.69, 9.17) is 4.74 Å². The van der Waals surface area contributed by atoms with Crippen molar-refractivity contribution in [2.45, 2.75) is 239 Å². The molecule has 0 bridgehead atoms. The van der Waals surface area contributed by atoms with Crippen LogP contribution >= 0.6 is 0 Å². The summed E-state index contributed by atoms with van der Waals surface area (Å²) in [7, 11) is 11.5. The average molecular weight is 1480 g/mol. The van der Waals surface area contributed by atoms with Crippen LogP contribution in [0.3, 0.4) is 0 Å². The molecule has 2 aromatic carbocycles. The van der Waals surface area contributed by atoms with Gasteiger partial charge in [0.1, 0.15) is 60.4 Å². The zero-order valence-electron chi connectivity index (χ0n) is 67.2. The van der Waals surface area contributed by atoms with Crippen LogP contribution in [0, 0.1) is 29.6 Å². The zero-order valence-corrected chi connectivity index (χ0v) is 67.2. The van der Waals surface area contributed by atoms with Gasteiger partial charge in [0, 0.05) is 88.7 Å². The van der Waals surface area contributed by atoms with E-state index in [1.807, 2.05) is 69.2 Å². The highest BCUT2D eigenvalue weighted by molar-refractivity contribution is 6.00. The van der Waals surface area contributed by atoms with E-state index in [1.54, 1.807) is 86.3 Å². The third-order valence-corrected chi connectivity index (χ3v) is 19.4. The maximum atomic E-state index is 15.7. The van der Waals surface area contributed by atoms with Gasteiger partial charge in [0.05, 0.1) is 25.2 Å². The molecule has 2 aliphatic heterocycles. The van der Waals surface area contributed by atoms with E-state index in [-0.39, 0.29) is 93.3 Å². The summed E-state index contributed by atoms with van der Waals surface area (Å²) in [6.07, 6.45) is 1.29. The first-order chi connectivity index (χ1) is 49.5. The molecule has 2 heterocycles. The van der Waals surface area contributed by atoms with Crippen LogP contribution in [-0.2, 0) is 79.9 Å². The van der Waals surface area contributed by atoms with Crippen molar-refractivity contribution in [3.05, 3.63) is 71.8 Å². The number of carbonyl (C=O) groups excluding carboxylic acids is 13. The fourth-order valence-corrected chi connectivity index (χ4v) is 13.2. The van der Waals surface area contributed by atoms with Gasteiger partial charge in [-0.05, 0) is 119 Å². The Morgan fingerprint density at radius 3 is 1.31 bits per heavy atom. The Morgan fingerprint density at radius 2 is 0.849 bits per heavy atom. The van der Waals surface area contributed by atoms with Gasteiger partial charge in [0.15, 0.2) is 0 Å². The second-order valence-corrected chi connectivity index (χ2v) is 32.3. The van der Waals surface area contributed by atoms with Crippen LogP contribution in [0.5, 0.6) is 0 Å². The number of nitrogens with one attached hydrogen (secondary N) is 5. The lowest BCUT2D eigenvalue weighted by Crippen LogP contribution is -2.62. The summed E-state index contributed by atoms with van der Waals surface area (Å²) in [6.45, 7) is 23.4. The molecule has 10 atom stereocenters. The molecule has 2 fully saturated rings. The van der Waals surface area contributed by atoms with Gasteiger partial charge in [-0.15, -0.1) is 0 Å². The summed E-state index contributed by atoms with van der Waals surface area (Å²) >= 11 is 0. The van der Waals surface area contributed by atoms with Crippen LogP contribution < -0.4 is 26.6 Å². The molecule has 106 heavy (non-hydrogen) atoms. The number of hydrogen-bond acceptors (Lipinski definition) is 14. The van der Waals surface area contributed by atoms with E-state index in [1.165, 1.54) is 85.8 Å². The Hall–Kier alpha value is -8.49. The quantitative estimate of drug-likeness (QED) is 0.119. The lowest BCUT2D eigenvalue weighted by molar-refractivity contribution is -0.151. The molecule has 0 unspecified atom stereocenters. The van der Waals surface area contributed by atoms with Crippen molar-refractivity contribution in [2.24, 2.45) is 29.6 Å². The number of amides is 13. The second-order valence-electron chi connectivity index (χ2n) is 32.3. The number of ether oxygens (including phenoxy) is 1. The van der Waals surface area contributed by atoms with Crippen molar-refractivity contribution in [2.75, 3.05) is 82.6 Å². The minimum absolute atomic E-state index is 0.0521. The van der Waals surface area contributed by atoms with Crippen molar-refractivity contribution in [1.82, 2.24) is 65.8 Å². The van der Waals surface area contributed by atoms with Crippen LogP contribution in [0.4, 0.5) is 0 Å². The molecule has 27 heteroatoms. The molecule has 2 saturated heterocycles. The van der Waals surface area contributed by atoms with E-state index in [0.717, 1.165) is 11.3 Å². The van der Waals surface area contributed by atoms with Gasteiger partial charge in [-0.2, -0.15) is 0 Å². The highest BCUT2D eigenvalue weighted by atomic mass is 16.5. The number of rotatable bonds is 20. The van der Waals surface area contributed by atoms with E-state index in [0.29, 0.717) is 37.1 Å². The number of nitrogens with zero attached hydrogens (tertiary/aromatic N) is 8. The van der Waals surface area contributed by atoms with E-state index >= 15 is 38.4 Å². The number of piperidine rings is 1. The van der Waals surface area contributed by atoms with Gasteiger partial charge in [0.2, 0.25) is 76.8 Å². The van der Waals surface area contributed by atoms with Crippen molar-refractivity contribution < 1.29 is 67.1 Å². The predicted molar refractivity (Wildman–Crippen MR) is 406 cm³/mol. The molecular weight excluding hydrogens is 1350 g/mol.